The van der Waals surface area contributed by atoms with Gasteiger partial charge in [0.25, 0.3) is 0 Å². The van der Waals surface area contributed by atoms with Crippen molar-refractivity contribution in [2.24, 2.45) is 28.9 Å². The highest BCUT2D eigenvalue weighted by molar-refractivity contribution is 6.32. The van der Waals surface area contributed by atoms with Crippen molar-refractivity contribution in [3.8, 4) is 34.5 Å². The molecular weight excluding hydrogens is 1930 g/mol. The number of rotatable bonds is 23. The lowest BCUT2D eigenvalue weighted by Crippen LogP contribution is -2.61. The fourth-order valence-corrected chi connectivity index (χ4v) is 15.1. The average Bonchev–Trinajstić information content (AvgIpc) is 0.759. The van der Waals surface area contributed by atoms with Crippen molar-refractivity contribution in [3.63, 3.8) is 0 Å². The first kappa shape index (κ1) is 115. The summed E-state index contributed by atoms with van der Waals surface area (Å²) in [6.45, 7) is 5.30. The highest BCUT2D eigenvalue weighted by Gasteiger charge is 2.43. The van der Waals surface area contributed by atoms with Gasteiger partial charge in [-0.1, -0.05) is 123 Å². The van der Waals surface area contributed by atoms with Crippen LogP contribution in [0.1, 0.15) is 155 Å². The molecule has 0 unspecified atom stereocenters. The number of hydrogen-bond donors (Lipinski definition) is 30. The van der Waals surface area contributed by atoms with Gasteiger partial charge in [-0.3, -0.25) is 86.3 Å². The van der Waals surface area contributed by atoms with E-state index in [9.17, 15) is 93.9 Å². The molecule has 49 heteroatoms. The number of carbonyl (C=O) groups excluding carboxylic acids is 18. The lowest BCUT2D eigenvalue weighted by molar-refractivity contribution is -0.138. The van der Waals surface area contributed by atoms with Gasteiger partial charge in [-0.05, 0) is 191 Å². The fourth-order valence-electron chi connectivity index (χ4n) is 15.0. The van der Waals surface area contributed by atoms with Crippen LogP contribution in [0.25, 0.3) is 0 Å². The topological polar surface area (TPSA) is 798 Å². The van der Waals surface area contributed by atoms with E-state index in [-0.39, 0.29) is 106 Å². The molecule has 19 atom stereocenters. The van der Waals surface area contributed by atoms with Crippen LogP contribution in [-0.4, -0.2) is 257 Å². The Hall–Kier alpha value is -16.2. The van der Waals surface area contributed by atoms with Crippen molar-refractivity contribution < 1.29 is 132 Å². The highest BCUT2D eigenvalue weighted by atomic mass is 35.5. The van der Waals surface area contributed by atoms with Gasteiger partial charge in [-0.2, -0.15) is 0 Å². The molecule has 784 valence electrons. The van der Waals surface area contributed by atoms with Crippen LogP contribution in [0.5, 0.6) is 34.5 Å². The fraction of sp³-hybridized carbons (Fsp3) is 0.381. The zero-order valence-corrected chi connectivity index (χ0v) is 80.8. The lowest BCUT2D eigenvalue weighted by atomic mass is 10.0. The number of amides is 18. The maximum Gasteiger partial charge on any atom is 0.248 e. The molecule has 0 aromatic heterocycles. The van der Waals surface area contributed by atoms with Crippen molar-refractivity contribution in [2.45, 2.75) is 201 Å². The number of benzene rings is 7. The molecule has 0 bridgehead atoms. The first-order valence-electron chi connectivity index (χ1n) is 46.2. The number of primary amides is 1. The predicted molar refractivity (Wildman–Crippen MR) is 521 cm³/mol. The molecule has 34 N–H and O–H groups in total. The molecule has 0 saturated carbocycles. The van der Waals surface area contributed by atoms with Crippen molar-refractivity contribution in [3.05, 3.63) is 214 Å². The van der Waals surface area contributed by atoms with Crippen molar-refractivity contribution in [1.82, 2.24) is 90.4 Å². The second-order valence-corrected chi connectivity index (χ2v) is 35.4. The monoisotopic (exact) mass is 2050 g/mol. The molecule has 1 aliphatic rings. The van der Waals surface area contributed by atoms with Crippen molar-refractivity contribution in [2.75, 3.05) is 26.2 Å². The van der Waals surface area contributed by atoms with Crippen LogP contribution in [0.4, 0.5) is 0 Å². The van der Waals surface area contributed by atoms with Crippen LogP contribution in [0, 0.1) is 5.92 Å². The maximum absolute atomic E-state index is 15.3. The van der Waals surface area contributed by atoms with Gasteiger partial charge in [-0.25, -0.2) is 0 Å². The highest BCUT2D eigenvalue weighted by Crippen LogP contribution is 2.30. The SMILES string of the molecule is CC(C)C[C@@H]1NC(=O)CNC(=O)[C@H](c2ccc(O)cc2)NC(=O)[C@@H]([C@@H](C)O)NC(=O)[C@H](c2ccc(O)cc2)NC(=O)[C@@H](CCCN)NC(=O)[C@H](Cc2ccccc2)NC(=O)[C@H]([C@H](C)O)NC(=O)[C@@H](c2ccc(O)cc2)NC(=O)[C@@H](c2ccc(O)cc2)NC(=O)[C@@H]([C@@H](C)O)NC(=O)[C@@H](CCCN)NC(=O)[C@H](c2ccc(O)cc2)NC(=O)[C@@H](NC(=O)[C@@H](N)CC(N)=O)CNC(=O)[C@@H](c2ccc(O)c(Cl)c2)NC(=O)[C@@H](C)NC1=O. The minimum atomic E-state index is -2.13. The van der Waals surface area contributed by atoms with Crippen molar-refractivity contribution >= 4 is 118 Å². The van der Waals surface area contributed by atoms with E-state index < -0.39 is 265 Å². The first-order valence-corrected chi connectivity index (χ1v) is 46.6. The number of halogens is 1. The van der Waals surface area contributed by atoms with Crippen molar-refractivity contribution in [1.29, 1.82) is 0 Å². The van der Waals surface area contributed by atoms with Crippen LogP contribution in [-0.2, 0) is 92.7 Å². The minimum absolute atomic E-state index is 0.0273. The summed E-state index contributed by atoms with van der Waals surface area (Å²) in [4.78, 5) is 264. The van der Waals surface area contributed by atoms with E-state index in [4.69, 9.17) is 34.5 Å². The normalized spacial score (nSPS) is 23.7. The Bertz CT molecular complexity index is 5780. The molecule has 0 radical (unpaired) electrons. The second-order valence-electron chi connectivity index (χ2n) is 35.0. The number of aliphatic hydroxyl groups is 3. The van der Waals surface area contributed by atoms with E-state index in [0.717, 1.165) is 143 Å². The molecule has 1 saturated heterocycles. The summed E-state index contributed by atoms with van der Waals surface area (Å²) < 4.78 is 0. The maximum atomic E-state index is 15.3. The van der Waals surface area contributed by atoms with Crippen LogP contribution in [0.2, 0.25) is 5.02 Å². The molecule has 18 amide bonds. The summed E-state index contributed by atoms with van der Waals surface area (Å²) in [5.41, 5.74) is 22.8. The second kappa shape index (κ2) is 54.9. The smallest absolute Gasteiger partial charge is 0.248 e. The third-order valence-corrected chi connectivity index (χ3v) is 23.2. The Balaban J connectivity index is 1.22. The Morgan fingerprint density at radius 2 is 0.705 bits per heavy atom. The van der Waals surface area contributed by atoms with Gasteiger partial charge in [-0.15, -0.1) is 0 Å². The summed E-state index contributed by atoms with van der Waals surface area (Å²) >= 11 is 6.36. The predicted octanol–water partition coefficient (Wildman–Crippen LogP) is -4.24. The zero-order chi connectivity index (χ0) is 108. The number of aliphatic hydroxyl groups excluding tert-OH is 3. The molecular formula is C97H122ClN21O27. The van der Waals surface area contributed by atoms with Gasteiger partial charge in [0.1, 0.15) is 125 Å². The molecule has 48 nitrogen and oxygen atoms in total. The Morgan fingerprint density at radius 3 is 1.12 bits per heavy atom. The van der Waals surface area contributed by atoms with E-state index in [0.29, 0.717) is 5.56 Å². The minimum Gasteiger partial charge on any atom is -0.508 e. The molecule has 1 fully saturated rings. The van der Waals surface area contributed by atoms with E-state index >= 15 is 38.4 Å². The molecule has 1 aliphatic heterocycles. The van der Waals surface area contributed by atoms with Gasteiger partial charge in [0, 0.05) is 13.0 Å². The Kier molecular flexibility index (Phi) is 43.3. The first-order chi connectivity index (χ1) is 69.1. The van der Waals surface area contributed by atoms with E-state index in [1.807, 2.05) is 0 Å². The third kappa shape index (κ3) is 34.3. The third-order valence-electron chi connectivity index (χ3n) is 22.9. The summed E-state index contributed by atoms with van der Waals surface area (Å²) in [5, 5.41) is 138. The average molecular weight is 2050 g/mol. The molecule has 7 aromatic rings. The van der Waals surface area contributed by atoms with E-state index in [2.05, 4.69) is 90.4 Å². The standard InChI is InChI=1S/C97H122ClN21O27/c1-46(2)40-67-86(135)105-47(3)82(131)114-81(57-26-37-70(128)63(98)42-57)90(139)103-44-69(110-83(132)64(101)43-71(102)129)88(137)116-77(53-18-29-59(124)30-19-53)94(143)108-66(15-11-39-100)84(133)111-74(49(5)121)92(141)118-80(56-24-35-62(127)36-25-56)97(146)119-79(55-22-33-61(126)34-23-55)96(145)112-73(48(4)120)91(140)109-68(41-51-12-8-7-9-13-51)87(136)107-65(14-10-38-99)85(134)115-78(54-20-31-60(125)32-21-54)95(144)113-75(50(6)122)93(142)117-76(52-16-27-58(123)28-17-52)89(138)104-45-72(130)106-67/h7-9,12-13,16-37,42,46-50,64-69,73-81,120-128H,10-11,14-15,38-41,43-45,99-101H2,1-6H3,(H2,102,129)(H,103,139)(H,104,138)(H,105,135)(H,106,130)(H,107,136)(H,108,143)(H,109,140)(H,110,132)(H,111,133)(H,112,145)(H,113,144)(H,114,131)(H,115,134)(H,116,137)(H,117,142)(H,118,141)(H,119,146)/t47-,48+,49-,50-,64+,65-,66-,67+,68+,69+,73+,74-,75-,76+,77+,78+,79-,80-,81-/m1/s1. The molecule has 0 spiro atoms. The number of carbonyl (C=O) groups is 18. The zero-order valence-electron chi connectivity index (χ0n) is 80.1. The van der Waals surface area contributed by atoms with Gasteiger partial charge in [0.15, 0.2) is 0 Å². The quantitative estimate of drug-likeness (QED) is 0.0288. The van der Waals surface area contributed by atoms with Crippen LogP contribution in [0.15, 0.2) is 170 Å². The molecule has 8 rings (SSSR count). The van der Waals surface area contributed by atoms with E-state index in [1.54, 1.807) is 44.2 Å². The van der Waals surface area contributed by atoms with Gasteiger partial charge >= 0.3 is 0 Å². The Labute approximate surface area is 841 Å². The summed E-state index contributed by atoms with van der Waals surface area (Å²) in [7, 11) is 0. The van der Waals surface area contributed by atoms with Gasteiger partial charge < -0.3 is 159 Å². The molecule has 146 heavy (non-hydrogen) atoms. The number of phenolic OH excluding ortho intramolecular Hbond substituents is 6. The molecule has 7 aromatic carbocycles. The van der Waals surface area contributed by atoms with Gasteiger partial charge in [0.05, 0.1) is 42.3 Å². The van der Waals surface area contributed by atoms with E-state index in [1.165, 1.54) is 24.3 Å². The molecule has 1 heterocycles. The van der Waals surface area contributed by atoms with Crippen LogP contribution >= 0.6 is 11.6 Å². The summed E-state index contributed by atoms with van der Waals surface area (Å²) in [5.74, 6) is -24.8. The number of nitrogens with two attached hydrogens (primary N) is 4. The summed E-state index contributed by atoms with van der Waals surface area (Å²) in [6.07, 6.45) is -7.96. The largest absolute Gasteiger partial charge is 0.508 e. The number of hydrogen-bond acceptors (Lipinski definition) is 30. The Morgan fingerprint density at radius 1 is 0.377 bits per heavy atom. The molecule has 0 aliphatic carbocycles. The number of nitrogens with one attached hydrogen (secondary N) is 17. The van der Waals surface area contributed by atoms with Gasteiger partial charge in [0.2, 0.25) is 106 Å². The number of aromatic hydroxyl groups is 6. The van der Waals surface area contributed by atoms with Crippen LogP contribution in [0.3, 0.4) is 0 Å². The summed E-state index contributed by atoms with van der Waals surface area (Å²) in [6, 6.07) is 3.16. The number of phenols is 6. The lowest BCUT2D eigenvalue weighted by Gasteiger charge is -2.30. The van der Waals surface area contributed by atoms with Crippen LogP contribution < -0.4 is 113 Å².